The van der Waals surface area contributed by atoms with Crippen LogP contribution in [-0.2, 0) is 9.59 Å². The van der Waals surface area contributed by atoms with E-state index in [1.54, 1.807) is 6.92 Å². The fraction of sp³-hybridized carbons (Fsp3) is 0.875. The molecule has 0 spiro atoms. The van der Waals surface area contributed by atoms with Crippen LogP contribution in [0.2, 0.25) is 0 Å². The SMILES string of the molecule is CCC(C)(NCC(=O)N1CCCC2CCCCC21)C(=O)O. The summed E-state index contributed by atoms with van der Waals surface area (Å²) in [5.74, 6) is -0.173. The Morgan fingerprint density at radius 1 is 1.24 bits per heavy atom. The van der Waals surface area contributed by atoms with Crippen molar-refractivity contribution < 1.29 is 14.7 Å². The highest BCUT2D eigenvalue weighted by molar-refractivity contribution is 5.82. The van der Waals surface area contributed by atoms with Gasteiger partial charge in [-0.2, -0.15) is 0 Å². The number of nitrogens with zero attached hydrogens (tertiary/aromatic N) is 1. The number of hydrogen-bond acceptors (Lipinski definition) is 3. The number of amides is 1. The van der Waals surface area contributed by atoms with Crippen LogP contribution in [0, 0.1) is 5.92 Å². The fourth-order valence-electron chi connectivity index (χ4n) is 3.66. The molecule has 5 nitrogen and oxygen atoms in total. The Morgan fingerprint density at radius 3 is 2.57 bits per heavy atom. The molecule has 0 aromatic carbocycles. The molecule has 3 atom stereocenters. The van der Waals surface area contributed by atoms with Crippen LogP contribution < -0.4 is 5.32 Å². The zero-order chi connectivity index (χ0) is 15.5. The second kappa shape index (κ2) is 6.77. The molecule has 1 amide bonds. The summed E-state index contributed by atoms with van der Waals surface area (Å²) in [6, 6.07) is 0.388. The van der Waals surface area contributed by atoms with Crippen molar-refractivity contribution in [3.8, 4) is 0 Å². The van der Waals surface area contributed by atoms with Crippen LogP contribution in [0.1, 0.15) is 58.8 Å². The summed E-state index contributed by atoms with van der Waals surface area (Å²) in [6.45, 7) is 4.42. The molecule has 120 valence electrons. The minimum atomic E-state index is -1.02. The van der Waals surface area contributed by atoms with Crippen LogP contribution in [0.15, 0.2) is 0 Å². The standard InChI is InChI=1S/C16H28N2O3/c1-3-16(2,15(20)21)17-11-14(19)18-10-6-8-12-7-4-5-9-13(12)18/h12-13,17H,3-11H2,1-2H3,(H,20,21). The van der Waals surface area contributed by atoms with Gasteiger partial charge in [0.25, 0.3) is 0 Å². The minimum absolute atomic E-state index is 0.0625. The van der Waals surface area contributed by atoms with E-state index in [0.717, 1.165) is 19.4 Å². The third-order valence-electron chi connectivity index (χ3n) is 5.37. The van der Waals surface area contributed by atoms with Gasteiger partial charge in [0.05, 0.1) is 6.54 Å². The lowest BCUT2D eigenvalue weighted by atomic mass is 9.78. The zero-order valence-corrected chi connectivity index (χ0v) is 13.2. The van der Waals surface area contributed by atoms with Gasteiger partial charge < -0.3 is 10.0 Å². The van der Waals surface area contributed by atoms with Crippen LogP contribution in [-0.4, -0.2) is 46.6 Å². The van der Waals surface area contributed by atoms with Crippen LogP contribution in [0.4, 0.5) is 0 Å². The number of nitrogens with one attached hydrogen (secondary N) is 1. The molecule has 1 aliphatic carbocycles. The maximum Gasteiger partial charge on any atom is 0.323 e. The molecule has 2 N–H and O–H groups in total. The van der Waals surface area contributed by atoms with Crippen molar-refractivity contribution in [1.82, 2.24) is 10.2 Å². The predicted molar refractivity (Wildman–Crippen MR) is 81.0 cm³/mol. The minimum Gasteiger partial charge on any atom is -0.480 e. The number of piperidine rings is 1. The lowest BCUT2D eigenvalue weighted by Gasteiger charge is -2.44. The molecular weight excluding hydrogens is 268 g/mol. The molecule has 0 bridgehead atoms. The summed E-state index contributed by atoms with van der Waals surface area (Å²) in [7, 11) is 0. The summed E-state index contributed by atoms with van der Waals surface area (Å²) in [5.41, 5.74) is -1.02. The molecule has 3 unspecified atom stereocenters. The third-order valence-corrected chi connectivity index (χ3v) is 5.37. The van der Waals surface area contributed by atoms with E-state index in [9.17, 15) is 14.7 Å². The first-order chi connectivity index (χ1) is 9.98. The number of carboxylic acid groups (broad SMARTS) is 1. The molecule has 0 aromatic rings. The Balaban J connectivity index is 1.94. The number of carbonyl (C=O) groups excluding carboxylic acids is 1. The van der Waals surface area contributed by atoms with E-state index in [4.69, 9.17) is 0 Å². The highest BCUT2D eigenvalue weighted by Crippen LogP contribution is 2.35. The van der Waals surface area contributed by atoms with Gasteiger partial charge in [0.1, 0.15) is 5.54 Å². The lowest BCUT2D eigenvalue weighted by molar-refractivity contribution is -0.145. The number of carboxylic acids is 1. The molecule has 21 heavy (non-hydrogen) atoms. The van der Waals surface area contributed by atoms with Gasteiger partial charge >= 0.3 is 5.97 Å². The first kappa shape index (κ1) is 16.3. The first-order valence-electron chi connectivity index (χ1n) is 8.26. The fourth-order valence-corrected chi connectivity index (χ4v) is 3.66. The van der Waals surface area contributed by atoms with Gasteiger partial charge in [0, 0.05) is 12.6 Å². The lowest BCUT2D eigenvalue weighted by Crippen LogP contribution is -2.56. The van der Waals surface area contributed by atoms with E-state index in [-0.39, 0.29) is 12.5 Å². The normalized spacial score (nSPS) is 28.6. The molecule has 2 aliphatic rings. The number of fused-ring (bicyclic) bond motifs is 1. The summed E-state index contributed by atoms with van der Waals surface area (Å²) in [5, 5.41) is 12.2. The van der Waals surface area contributed by atoms with E-state index < -0.39 is 11.5 Å². The predicted octanol–water partition coefficient (Wildman–Crippen LogP) is 2.01. The Hall–Kier alpha value is -1.10. The van der Waals surface area contributed by atoms with E-state index >= 15 is 0 Å². The van der Waals surface area contributed by atoms with Crippen molar-refractivity contribution >= 4 is 11.9 Å². The number of carbonyl (C=O) groups is 2. The first-order valence-corrected chi connectivity index (χ1v) is 8.26. The Morgan fingerprint density at radius 2 is 1.90 bits per heavy atom. The highest BCUT2D eigenvalue weighted by atomic mass is 16.4. The van der Waals surface area contributed by atoms with Gasteiger partial charge in [0.15, 0.2) is 0 Å². The quantitative estimate of drug-likeness (QED) is 0.814. The molecular formula is C16H28N2O3. The topological polar surface area (TPSA) is 69.6 Å². The van der Waals surface area contributed by atoms with Gasteiger partial charge in [-0.05, 0) is 44.9 Å². The van der Waals surface area contributed by atoms with Crippen molar-refractivity contribution in [3.63, 3.8) is 0 Å². The van der Waals surface area contributed by atoms with E-state index in [1.807, 2.05) is 11.8 Å². The van der Waals surface area contributed by atoms with Crippen molar-refractivity contribution in [3.05, 3.63) is 0 Å². The van der Waals surface area contributed by atoms with Crippen LogP contribution in [0.5, 0.6) is 0 Å². The van der Waals surface area contributed by atoms with E-state index in [0.29, 0.717) is 18.4 Å². The molecule has 2 fully saturated rings. The molecule has 1 saturated heterocycles. The number of rotatable bonds is 5. The maximum absolute atomic E-state index is 12.5. The maximum atomic E-state index is 12.5. The van der Waals surface area contributed by atoms with Gasteiger partial charge in [-0.15, -0.1) is 0 Å². The van der Waals surface area contributed by atoms with Crippen LogP contribution in [0.25, 0.3) is 0 Å². The second-order valence-corrected chi connectivity index (χ2v) is 6.69. The average Bonchev–Trinajstić information content (AvgIpc) is 2.51. The smallest absolute Gasteiger partial charge is 0.323 e. The number of aliphatic carboxylic acids is 1. The van der Waals surface area contributed by atoms with E-state index in [2.05, 4.69) is 5.32 Å². The number of hydrogen-bond donors (Lipinski definition) is 2. The zero-order valence-electron chi connectivity index (χ0n) is 13.2. The van der Waals surface area contributed by atoms with E-state index in [1.165, 1.54) is 25.7 Å². The molecule has 1 saturated carbocycles. The second-order valence-electron chi connectivity index (χ2n) is 6.69. The summed E-state index contributed by atoms with van der Waals surface area (Å²) < 4.78 is 0. The Kier molecular flexibility index (Phi) is 5.25. The van der Waals surface area contributed by atoms with Gasteiger partial charge in [-0.1, -0.05) is 19.8 Å². The van der Waals surface area contributed by atoms with Crippen molar-refractivity contribution in [2.75, 3.05) is 13.1 Å². The molecule has 0 aromatic heterocycles. The van der Waals surface area contributed by atoms with Crippen LogP contribution in [0.3, 0.4) is 0 Å². The molecule has 1 aliphatic heterocycles. The van der Waals surface area contributed by atoms with Gasteiger partial charge in [-0.3, -0.25) is 14.9 Å². The Bertz CT molecular complexity index is 397. The van der Waals surface area contributed by atoms with Crippen molar-refractivity contribution in [2.24, 2.45) is 5.92 Å². The summed E-state index contributed by atoms with van der Waals surface area (Å²) in [6.07, 6.45) is 7.63. The highest BCUT2D eigenvalue weighted by Gasteiger charge is 2.37. The molecule has 5 heteroatoms. The summed E-state index contributed by atoms with van der Waals surface area (Å²) in [4.78, 5) is 25.8. The average molecular weight is 296 g/mol. The third kappa shape index (κ3) is 3.57. The Labute approximate surface area is 127 Å². The van der Waals surface area contributed by atoms with Gasteiger partial charge in [0.2, 0.25) is 5.91 Å². The van der Waals surface area contributed by atoms with Gasteiger partial charge in [-0.25, -0.2) is 0 Å². The van der Waals surface area contributed by atoms with Crippen LogP contribution >= 0.6 is 0 Å². The number of likely N-dealkylation sites (tertiary alicyclic amines) is 1. The molecule has 1 heterocycles. The largest absolute Gasteiger partial charge is 0.480 e. The molecule has 2 rings (SSSR count). The van der Waals surface area contributed by atoms with Crippen molar-refractivity contribution in [1.29, 1.82) is 0 Å². The summed E-state index contributed by atoms with van der Waals surface area (Å²) >= 11 is 0. The van der Waals surface area contributed by atoms with Crippen molar-refractivity contribution in [2.45, 2.75) is 70.4 Å². The monoisotopic (exact) mass is 296 g/mol. The molecule has 0 radical (unpaired) electrons.